The van der Waals surface area contributed by atoms with E-state index in [4.69, 9.17) is 4.74 Å². The first-order chi connectivity index (χ1) is 14.3. The summed E-state index contributed by atoms with van der Waals surface area (Å²) < 4.78 is 5.94. The Hall–Kier alpha value is -3.31. The zero-order valence-electron chi connectivity index (χ0n) is 16.3. The molecule has 0 atom stereocenters. The molecule has 1 heterocycles. The Bertz CT molecular complexity index is 923. The number of hydrogen-bond donors (Lipinski definition) is 1. The van der Waals surface area contributed by atoms with Gasteiger partial charge in [0.25, 0.3) is 0 Å². The number of nitrogens with zero attached hydrogens (tertiary/aromatic N) is 2. The molecule has 5 nitrogen and oxygen atoms in total. The van der Waals surface area contributed by atoms with Gasteiger partial charge in [0.15, 0.2) is 5.75 Å². The van der Waals surface area contributed by atoms with Gasteiger partial charge in [-0.1, -0.05) is 60.7 Å². The second-order valence-electron chi connectivity index (χ2n) is 7.09. The molecule has 1 saturated heterocycles. The van der Waals surface area contributed by atoms with E-state index >= 15 is 0 Å². The van der Waals surface area contributed by atoms with E-state index in [1.165, 1.54) is 5.56 Å². The third-order valence-corrected chi connectivity index (χ3v) is 5.01. The van der Waals surface area contributed by atoms with Gasteiger partial charge in [0.2, 0.25) is 0 Å². The average molecular weight is 387 g/mol. The first kappa shape index (κ1) is 19.0. The van der Waals surface area contributed by atoms with Crippen molar-refractivity contribution in [1.29, 1.82) is 0 Å². The van der Waals surface area contributed by atoms with E-state index < -0.39 is 0 Å². The molecule has 0 radical (unpaired) electrons. The van der Waals surface area contributed by atoms with Gasteiger partial charge in [-0.3, -0.25) is 4.90 Å². The van der Waals surface area contributed by atoms with Crippen LogP contribution in [-0.4, -0.2) is 42.0 Å². The van der Waals surface area contributed by atoms with E-state index in [0.29, 0.717) is 24.5 Å². The van der Waals surface area contributed by atoms with Crippen LogP contribution in [0.3, 0.4) is 0 Å². The minimum absolute atomic E-state index is 0.0894. The number of para-hydroxylation sites is 3. The maximum absolute atomic E-state index is 12.8. The van der Waals surface area contributed by atoms with Gasteiger partial charge in [-0.25, -0.2) is 4.79 Å². The molecule has 148 valence electrons. The van der Waals surface area contributed by atoms with Gasteiger partial charge in [-0.2, -0.15) is 0 Å². The van der Waals surface area contributed by atoms with Gasteiger partial charge in [0.05, 0.1) is 5.69 Å². The molecule has 1 aliphatic heterocycles. The molecule has 0 saturated carbocycles. The molecule has 1 aliphatic rings. The predicted molar refractivity (Wildman–Crippen MR) is 115 cm³/mol. The van der Waals surface area contributed by atoms with Crippen molar-refractivity contribution in [1.82, 2.24) is 9.80 Å². The second-order valence-corrected chi connectivity index (χ2v) is 7.09. The largest absolute Gasteiger partial charge is 0.455 e. The van der Waals surface area contributed by atoms with Crippen LogP contribution in [-0.2, 0) is 6.54 Å². The Morgan fingerprint density at radius 1 is 0.793 bits per heavy atom. The molecular weight excluding hydrogens is 362 g/mol. The molecule has 1 fully saturated rings. The Kier molecular flexibility index (Phi) is 6.07. The molecule has 5 heteroatoms. The van der Waals surface area contributed by atoms with Gasteiger partial charge < -0.3 is 15.0 Å². The van der Waals surface area contributed by atoms with E-state index in [0.717, 1.165) is 25.4 Å². The van der Waals surface area contributed by atoms with E-state index in [-0.39, 0.29) is 6.03 Å². The molecule has 0 aliphatic carbocycles. The van der Waals surface area contributed by atoms with Crippen molar-refractivity contribution in [2.24, 2.45) is 0 Å². The van der Waals surface area contributed by atoms with Crippen LogP contribution in [0.25, 0.3) is 0 Å². The number of amides is 2. The summed E-state index contributed by atoms with van der Waals surface area (Å²) in [4.78, 5) is 17.0. The zero-order chi connectivity index (χ0) is 19.9. The maximum atomic E-state index is 12.8. The van der Waals surface area contributed by atoms with Gasteiger partial charge in [-0.05, 0) is 29.8 Å². The van der Waals surface area contributed by atoms with Crippen LogP contribution in [0.2, 0.25) is 0 Å². The highest BCUT2D eigenvalue weighted by Crippen LogP contribution is 2.29. The van der Waals surface area contributed by atoms with Gasteiger partial charge in [0.1, 0.15) is 5.75 Å². The fourth-order valence-corrected chi connectivity index (χ4v) is 3.42. The van der Waals surface area contributed by atoms with Crippen LogP contribution in [0.5, 0.6) is 11.5 Å². The third kappa shape index (κ3) is 5.15. The Morgan fingerprint density at radius 2 is 1.41 bits per heavy atom. The lowest BCUT2D eigenvalue weighted by Gasteiger charge is -2.34. The number of carbonyl (C=O) groups excluding carboxylic acids is 1. The van der Waals surface area contributed by atoms with Crippen molar-refractivity contribution >= 4 is 11.7 Å². The Morgan fingerprint density at radius 3 is 2.14 bits per heavy atom. The van der Waals surface area contributed by atoms with Crippen molar-refractivity contribution in [3.63, 3.8) is 0 Å². The number of anilines is 1. The molecule has 4 rings (SSSR count). The van der Waals surface area contributed by atoms with Crippen molar-refractivity contribution in [2.75, 3.05) is 31.5 Å². The topological polar surface area (TPSA) is 44.8 Å². The van der Waals surface area contributed by atoms with E-state index in [1.807, 2.05) is 65.6 Å². The highest BCUT2D eigenvalue weighted by Gasteiger charge is 2.22. The molecule has 0 spiro atoms. The Labute approximate surface area is 171 Å². The number of ether oxygens (including phenoxy) is 1. The molecular formula is C24H25N3O2. The highest BCUT2D eigenvalue weighted by atomic mass is 16.5. The number of carbonyl (C=O) groups is 1. The number of nitrogens with one attached hydrogen (secondary N) is 1. The van der Waals surface area contributed by atoms with Crippen molar-refractivity contribution < 1.29 is 9.53 Å². The molecule has 3 aromatic rings. The average Bonchev–Trinajstić information content (AvgIpc) is 2.77. The molecule has 0 aromatic heterocycles. The van der Waals surface area contributed by atoms with Crippen molar-refractivity contribution in [3.8, 4) is 11.5 Å². The quantitative estimate of drug-likeness (QED) is 0.682. The fraction of sp³-hybridized carbons (Fsp3) is 0.208. The summed E-state index contributed by atoms with van der Waals surface area (Å²) in [6.45, 7) is 4.07. The van der Waals surface area contributed by atoms with E-state index in [9.17, 15) is 4.79 Å². The molecule has 1 N–H and O–H groups in total. The van der Waals surface area contributed by atoms with Crippen LogP contribution in [0.1, 0.15) is 5.56 Å². The van der Waals surface area contributed by atoms with E-state index in [2.05, 4.69) is 34.5 Å². The molecule has 0 bridgehead atoms. The first-order valence-corrected chi connectivity index (χ1v) is 9.92. The summed E-state index contributed by atoms with van der Waals surface area (Å²) in [5.74, 6) is 1.37. The molecule has 0 unspecified atom stereocenters. The zero-order valence-corrected chi connectivity index (χ0v) is 16.3. The summed E-state index contributed by atoms with van der Waals surface area (Å²) in [5.41, 5.74) is 1.98. The number of piperazine rings is 1. The smallest absolute Gasteiger partial charge is 0.322 e. The number of benzene rings is 3. The lowest BCUT2D eigenvalue weighted by Crippen LogP contribution is -2.49. The predicted octanol–water partition coefficient (Wildman–Crippen LogP) is 4.83. The van der Waals surface area contributed by atoms with Crippen LogP contribution in [0, 0.1) is 0 Å². The first-order valence-electron chi connectivity index (χ1n) is 9.92. The van der Waals surface area contributed by atoms with Crippen LogP contribution < -0.4 is 10.1 Å². The normalized spacial score (nSPS) is 14.4. The van der Waals surface area contributed by atoms with Crippen molar-refractivity contribution in [3.05, 3.63) is 90.5 Å². The number of hydrogen-bond acceptors (Lipinski definition) is 3. The third-order valence-electron chi connectivity index (χ3n) is 5.01. The summed E-state index contributed by atoms with van der Waals surface area (Å²) in [6, 6.07) is 27.4. The summed E-state index contributed by atoms with van der Waals surface area (Å²) >= 11 is 0. The number of rotatable bonds is 5. The minimum Gasteiger partial charge on any atom is -0.455 e. The Balaban J connectivity index is 1.33. The van der Waals surface area contributed by atoms with E-state index in [1.54, 1.807) is 0 Å². The summed E-state index contributed by atoms with van der Waals surface area (Å²) in [6.07, 6.45) is 0. The standard InChI is InChI=1S/C24H25N3O2/c28-24(27-17-15-26(16-18-27)19-20-9-3-1-4-10-20)25-22-13-7-8-14-23(22)29-21-11-5-2-6-12-21/h1-14H,15-19H2,(H,25,28). The molecule has 29 heavy (non-hydrogen) atoms. The summed E-state index contributed by atoms with van der Waals surface area (Å²) in [7, 11) is 0. The SMILES string of the molecule is O=C(Nc1ccccc1Oc1ccccc1)N1CCN(Cc2ccccc2)CC1. The van der Waals surface area contributed by atoms with Crippen molar-refractivity contribution in [2.45, 2.75) is 6.54 Å². The van der Waals surface area contributed by atoms with Gasteiger partial charge in [-0.15, -0.1) is 0 Å². The second kappa shape index (κ2) is 9.26. The minimum atomic E-state index is -0.0894. The number of urea groups is 1. The maximum Gasteiger partial charge on any atom is 0.322 e. The van der Waals surface area contributed by atoms with Gasteiger partial charge >= 0.3 is 6.03 Å². The highest BCUT2D eigenvalue weighted by molar-refractivity contribution is 5.91. The fourth-order valence-electron chi connectivity index (χ4n) is 3.42. The lowest BCUT2D eigenvalue weighted by atomic mass is 10.2. The van der Waals surface area contributed by atoms with Gasteiger partial charge in [0, 0.05) is 32.7 Å². The lowest BCUT2D eigenvalue weighted by molar-refractivity contribution is 0.143. The monoisotopic (exact) mass is 387 g/mol. The van der Waals surface area contributed by atoms with Crippen LogP contribution >= 0.6 is 0 Å². The summed E-state index contributed by atoms with van der Waals surface area (Å²) in [5, 5.41) is 3.01. The molecule has 3 aromatic carbocycles. The van der Waals surface area contributed by atoms with Crippen LogP contribution in [0.4, 0.5) is 10.5 Å². The van der Waals surface area contributed by atoms with Crippen LogP contribution in [0.15, 0.2) is 84.9 Å². The molecule has 2 amide bonds.